The number of anilines is 1. The van der Waals surface area contributed by atoms with Crippen LogP contribution in [0, 0.1) is 13.8 Å². The van der Waals surface area contributed by atoms with Crippen molar-refractivity contribution in [3.63, 3.8) is 0 Å². The molecule has 0 amide bonds. The monoisotopic (exact) mass is 269 g/mol. The van der Waals surface area contributed by atoms with Crippen molar-refractivity contribution >= 4 is 21.7 Å². The Labute approximate surface area is 99.0 Å². The van der Waals surface area contributed by atoms with Gasteiger partial charge in [-0.05, 0) is 26.7 Å². The van der Waals surface area contributed by atoms with Crippen molar-refractivity contribution in [1.29, 1.82) is 0 Å². The highest BCUT2D eigenvalue weighted by Crippen LogP contribution is 2.24. The van der Waals surface area contributed by atoms with Crippen molar-refractivity contribution in [1.82, 2.24) is 9.97 Å². The van der Waals surface area contributed by atoms with Crippen LogP contribution in [0.5, 0.6) is 0 Å². The summed E-state index contributed by atoms with van der Waals surface area (Å²) < 4.78 is 0. The summed E-state index contributed by atoms with van der Waals surface area (Å²) in [7, 11) is 0. The molecule has 1 unspecified atom stereocenters. The molecular weight excluding hydrogens is 254 g/mol. The summed E-state index contributed by atoms with van der Waals surface area (Å²) in [6.07, 6.45) is 4.40. The number of hydrogen-bond acceptors (Lipinski definition) is 3. The van der Waals surface area contributed by atoms with Crippen molar-refractivity contribution in [3.8, 4) is 0 Å². The summed E-state index contributed by atoms with van der Waals surface area (Å²) in [4.78, 5) is 11.3. The van der Waals surface area contributed by atoms with Gasteiger partial charge in [0.25, 0.3) is 0 Å². The molecule has 3 nitrogen and oxygen atoms in total. The van der Waals surface area contributed by atoms with E-state index in [4.69, 9.17) is 0 Å². The van der Waals surface area contributed by atoms with Gasteiger partial charge in [-0.2, -0.15) is 0 Å². The zero-order valence-electron chi connectivity index (χ0n) is 9.20. The molecule has 0 aliphatic carbocycles. The fraction of sp³-hybridized carbons (Fsp3) is 0.636. The Morgan fingerprint density at radius 1 is 1.47 bits per heavy atom. The molecule has 0 spiro atoms. The van der Waals surface area contributed by atoms with Crippen LogP contribution in [0.25, 0.3) is 0 Å². The fourth-order valence-corrected chi connectivity index (χ4v) is 2.64. The Bertz CT molecular complexity index is 354. The highest BCUT2D eigenvalue weighted by Gasteiger charge is 2.24. The van der Waals surface area contributed by atoms with Crippen molar-refractivity contribution < 1.29 is 0 Å². The Balaban J connectivity index is 2.25. The summed E-state index contributed by atoms with van der Waals surface area (Å²) in [6, 6.07) is 0.585. The molecule has 0 saturated carbocycles. The number of rotatable bonds is 2. The van der Waals surface area contributed by atoms with Gasteiger partial charge in [0.05, 0.1) is 17.6 Å². The Kier molecular flexibility index (Phi) is 3.24. The second-order valence-corrected chi connectivity index (χ2v) is 4.69. The lowest BCUT2D eigenvalue weighted by molar-refractivity contribution is 0.737. The van der Waals surface area contributed by atoms with E-state index in [-0.39, 0.29) is 0 Å². The molecule has 2 heterocycles. The minimum atomic E-state index is 0.585. The topological polar surface area (TPSA) is 29.0 Å². The van der Waals surface area contributed by atoms with E-state index in [1.165, 1.54) is 12.8 Å². The number of aryl methyl sites for hydroxylation is 2. The van der Waals surface area contributed by atoms with E-state index in [1.54, 1.807) is 0 Å². The van der Waals surface area contributed by atoms with Gasteiger partial charge in [-0.3, -0.25) is 4.98 Å². The number of aromatic nitrogens is 2. The Morgan fingerprint density at radius 2 is 2.27 bits per heavy atom. The van der Waals surface area contributed by atoms with Gasteiger partial charge in [0, 0.05) is 17.9 Å². The lowest BCUT2D eigenvalue weighted by Crippen LogP contribution is -2.31. The van der Waals surface area contributed by atoms with Crippen LogP contribution in [-0.4, -0.2) is 27.9 Å². The average molecular weight is 270 g/mol. The smallest absolute Gasteiger partial charge is 0.147 e. The highest BCUT2D eigenvalue weighted by atomic mass is 79.9. The first-order valence-corrected chi connectivity index (χ1v) is 6.47. The Morgan fingerprint density at radius 3 is 2.93 bits per heavy atom. The molecule has 0 radical (unpaired) electrons. The summed E-state index contributed by atoms with van der Waals surface area (Å²) >= 11 is 3.56. The average Bonchev–Trinajstić information content (AvgIpc) is 2.70. The largest absolute Gasteiger partial charge is 0.352 e. The van der Waals surface area contributed by atoms with E-state index < -0.39 is 0 Å². The number of nitrogens with zero attached hydrogens (tertiary/aromatic N) is 3. The van der Waals surface area contributed by atoms with Crippen molar-refractivity contribution in [2.24, 2.45) is 0 Å². The predicted molar refractivity (Wildman–Crippen MR) is 65.7 cm³/mol. The summed E-state index contributed by atoms with van der Waals surface area (Å²) in [6.45, 7) is 5.12. The van der Waals surface area contributed by atoms with Crippen LogP contribution in [0.2, 0.25) is 0 Å². The first-order valence-electron chi connectivity index (χ1n) is 5.35. The molecule has 1 aliphatic rings. The number of alkyl halides is 1. The molecule has 1 aliphatic heterocycles. The maximum Gasteiger partial charge on any atom is 0.147 e. The Hall–Kier alpha value is -0.640. The lowest BCUT2D eigenvalue weighted by Gasteiger charge is -2.24. The lowest BCUT2D eigenvalue weighted by atomic mass is 10.2. The summed E-state index contributed by atoms with van der Waals surface area (Å²) in [5, 5.41) is 1.02. The van der Waals surface area contributed by atoms with E-state index in [9.17, 15) is 0 Å². The van der Waals surface area contributed by atoms with E-state index in [1.807, 2.05) is 20.0 Å². The molecule has 4 heteroatoms. The number of hydrogen-bond donors (Lipinski definition) is 0. The van der Waals surface area contributed by atoms with Gasteiger partial charge in [-0.1, -0.05) is 15.9 Å². The molecule has 82 valence electrons. The second kappa shape index (κ2) is 4.47. The molecule has 0 N–H and O–H groups in total. The minimum Gasteiger partial charge on any atom is -0.352 e. The van der Waals surface area contributed by atoms with Gasteiger partial charge >= 0.3 is 0 Å². The number of halogens is 1. The van der Waals surface area contributed by atoms with Gasteiger partial charge in [0.15, 0.2) is 0 Å². The van der Waals surface area contributed by atoms with E-state index in [0.717, 1.165) is 29.1 Å². The summed E-state index contributed by atoms with van der Waals surface area (Å²) in [5.74, 6) is 1.03. The van der Waals surface area contributed by atoms with E-state index in [0.29, 0.717) is 6.04 Å². The van der Waals surface area contributed by atoms with Crippen molar-refractivity contribution in [2.45, 2.75) is 32.7 Å². The molecule has 0 bridgehead atoms. The van der Waals surface area contributed by atoms with E-state index >= 15 is 0 Å². The van der Waals surface area contributed by atoms with Gasteiger partial charge in [0.2, 0.25) is 0 Å². The van der Waals surface area contributed by atoms with Gasteiger partial charge in [-0.15, -0.1) is 0 Å². The van der Waals surface area contributed by atoms with Crippen molar-refractivity contribution in [2.75, 3.05) is 16.8 Å². The summed E-state index contributed by atoms with van der Waals surface area (Å²) in [5.41, 5.74) is 2.06. The van der Waals surface area contributed by atoms with Crippen LogP contribution in [0.4, 0.5) is 5.82 Å². The third kappa shape index (κ3) is 2.14. The van der Waals surface area contributed by atoms with Crippen molar-refractivity contribution in [3.05, 3.63) is 17.6 Å². The second-order valence-electron chi connectivity index (χ2n) is 4.04. The zero-order chi connectivity index (χ0) is 10.8. The standard InChI is InChI=1S/C11H16BrN3/c1-8-9(2)14-11(7-13-8)15-5-3-4-10(15)6-12/h7,10H,3-6H2,1-2H3. The molecule has 0 aromatic carbocycles. The van der Waals surface area contributed by atoms with Crippen LogP contribution in [-0.2, 0) is 0 Å². The van der Waals surface area contributed by atoms with Crippen LogP contribution in [0.15, 0.2) is 6.20 Å². The zero-order valence-corrected chi connectivity index (χ0v) is 10.8. The van der Waals surface area contributed by atoms with Crippen LogP contribution in [0.3, 0.4) is 0 Å². The highest BCUT2D eigenvalue weighted by molar-refractivity contribution is 9.09. The van der Waals surface area contributed by atoms with Crippen LogP contribution in [0.1, 0.15) is 24.2 Å². The first kappa shape index (κ1) is 10.9. The SMILES string of the molecule is Cc1ncc(N2CCCC2CBr)nc1C. The molecule has 1 aromatic rings. The predicted octanol–water partition coefficient (Wildman–Crippen LogP) is 2.46. The maximum absolute atomic E-state index is 4.60. The molecule has 1 atom stereocenters. The normalized spacial score (nSPS) is 21.0. The third-order valence-corrected chi connectivity index (χ3v) is 3.78. The molecule has 15 heavy (non-hydrogen) atoms. The fourth-order valence-electron chi connectivity index (χ4n) is 1.97. The maximum atomic E-state index is 4.60. The van der Waals surface area contributed by atoms with Crippen LogP contribution >= 0.6 is 15.9 Å². The van der Waals surface area contributed by atoms with Crippen LogP contribution < -0.4 is 4.90 Å². The first-order chi connectivity index (χ1) is 7.22. The third-order valence-electron chi connectivity index (χ3n) is 3.03. The molecule has 1 saturated heterocycles. The molecular formula is C11H16BrN3. The van der Waals surface area contributed by atoms with Gasteiger partial charge in [-0.25, -0.2) is 4.98 Å². The van der Waals surface area contributed by atoms with Gasteiger partial charge in [0.1, 0.15) is 5.82 Å². The quantitative estimate of drug-likeness (QED) is 0.773. The molecule has 1 aromatic heterocycles. The van der Waals surface area contributed by atoms with E-state index in [2.05, 4.69) is 30.8 Å². The molecule has 1 fully saturated rings. The molecule has 2 rings (SSSR count). The minimum absolute atomic E-state index is 0.585. The van der Waals surface area contributed by atoms with Gasteiger partial charge < -0.3 is 4.90 Å².